The molecule has 0 saturated heterocycles. The van der Waals surface area contributed by atoms with Crippen LogP contribution in [0.3, 0.4) is 0 Å². The molecule has 3 aromatic heterocycles. The molecule has 0 radical (unpaired) electrons. The SMILES string of the molecule is Cc1c(C)c(C)c(C)c(C)c1C.O=S(=O)([O-])C(n1cccn1)(n1cccn1)n1cccn1.[Cl-].[Ru+2]. The van der Waals surface area contributed by atoms with E-state index in [0.29, 0.717) is 0 Å². The van der Waals surface area contributed by atoms with Gasteiger partial charge in [0.25, 0.3) is 0 Å². The molecule has 0 aliphatic rings. The normalized spacial score (nSPS) is 11.1. The molecule has 1 aromatic carbocycles. The number of rotatable bonds is 4. The van der Waals surface area contributed by atoms with Gasteiger partial charge in [-0.15, -0.1) is 0 Å². The van der Waals surface area contributed by atoms with Gasteiger partial charge in [0.1, 0.15) is 0 Å². The Hall–Kier alpha value is -2.33. The summed E-state index contributed by atoms with van der Waals surface area (Å²) in [5, 5.41) is 9.39. The van der Waals surface area contributed by atoms with E-state index in [1.807, 2.05) is 0 Å². The Morgan fingerprint density at radius 2 is 0.882 bits per heavy atom. The van der Waals surface area contributed by atoms with Crippen molar-refractivity contribution in [2.75, 3.05) is 0 Å². The average Bonchev–Trinajstić information content (AvgIpc) is 3.53. The molecular weight excluding hydrogens is 565 g/mol. The van der Waals surface area contributed by atoms with E-state index in [2.05, 4.69) is 56.8 Å². The molecule has 9 nitrogen and oxygen atoms in total. The van der Waals surface area contributed by atoms with Crippen LogP contribution in [0.4, 0.5) is 0 Å². The van der Waals surface area contributed by atoms with Gasteiger partial charge in [-0.3, -0.25) is 0 Å². The van der Waals surface area contributed by atoms with Crippen LogP contribution in [-0.4, -0.2) is 42.3 Å². The van der Waals surface area contributed by atoms with Crippen LogP contribution in [0.1, 0.15) is 33.4 Å². The van der Waals surface area contributed by atoms with Crippen LogP contribution in [0.5, 0.6) is 0 Å². The van der Waals surface area contributed by atoms with Crippen molar-refractivity contribution in [3.63, 3.8) is 0 Å². The molecule has 0 bridgehead atoms. The van der Waals surface area contributed by atoms with Crippen molar-refractivity contribution in [2.24, 2.45) is 0 Å². The summed E-state index contributed by atoms with van der Waals surface area (Å²) in [5.74, 6) is 0. The third-order valence-corrected chi connectivity index (χ3v) is 7.35. The first-order valence-electron chi connectivity index (χ1n) is 10.0. The van der Waals surface area contributed by atoms with E-state index in [0.717, 1.165) is 14.0 Å². The number of benzene rings is 1. The fourth-order valence-electron chi connectivity index (χ4n) is 3.67. The maximum Gasteiger partial charge on any atom is 2.00 e. The molecule has 0 spiro atoms. The fourth-order valence-corrected chi connectivity index (χ4v) is 4.68. The van der Waals surface area contributed by atoms with Crippen LogP contribution in [0.2, 0.25) is 0 Å². The summed E-state index contributed by atoms with van der Waals surface area (Å²) in [4.78, 5) is 0. The van der Waals surface area contributed by atoms with Gasteiger partial charge in [-0.1, -0.05) is 0 Å². The molecule has 4 rings (SSSR count). The van der Waals surface area contributed by atoms with Crippen LogP contribution in [-0.2, 0) is 34.7 Å². The Balaban J connectivity index is 0.000000360. The Morgan fingerprint density at radius 3 is 1.03 bits per heavy atom. The van der Waals surface area contributed by atoms with Crippen molar-refractivity contribution in [1.29, 1.82) is 0 Å². The van der Waals surface area contributed by atoms with E-state index in [1.54, 1.807) is 0 Å². The van der Waals surface area contributed by atoms with Crippen LogP contribution in [0.15, 0.2) is 55.4 Å². The molecule has 0 unspecified atom stereocenters. The largest absolute Gasteiger partial charge is 2.00 e. The number of nitrogens with zero attached hydrogens (tertiary/aromatic N) is 6. The minimum Gasteiger partial charge on any atom is -1.00 e. The zero-order chi connectivity index (χ0) is 23.7. The smallest absolute Gasteiger partial charge is 1.00 e. The maximum atomic E-state index is 12.0. The predicted octanol–water partition coefficient (Wildman–Crippen LogP) is 0.0243. The quantitative estimate of drug-likeness (QED) is 0.245. The Labute approximate surface area is 219 Å². The Morgan fingerprint density at radius 1 is 0.647 bits per heavy atom. The van der Waals surface area contributed by atoms with Crippen molar-refractivity contribution in [3.05, 3.63) is 88.8 Å². The fraction of sp³-hybridized carbons (Fsp3) is 0.318. The zero-order valence-electron chi connectivity index (χ0n) is 19.7. The molecule has 0 atom stereocenters. The molecule has 0 N–H and O–H groups in total. The average molecular weight is 592 g/mol. The molecule has 34 heavy (non-hydrogen) atoms. The third-order valence-electron chi connectivity index (χ3n) is 6.12. The van der Waals surface area contributed by atoms with Gasteiger partial charge in [0.2, 0.25) is 0 Å². The summed E-state index contributed by atoms with van der Waals surface area (Å²) in [7, 11) is -4.94. The first-order chi connectivity index (χ1) is 15.0. The zero-order valence-corrected chi connectivity index (χ0v) is 23.1. The predicted molar refractivity (Wildman–Crippen MR) is 120 cm³/mol. The van der Waals surface area contributed by atoms with E-state index >= 15 is 0 Å². The maximum absolute atomic E-state index is 12.0. The van der Waals surface area contributed by atoms with Crippen molar-refractivity contribution < 1.29 is 44.9 Å². The number of aromatic nitrogens is 6. The van der Waals surface area contributed by atoms with Crippen molar-refractivity contribution >= 4 is 10.1 Å². The molecule has 0 aliphatic carbocycles. The topological polar surface area (TPSA) is 111 Å². The van der Waals surface area contributed by atoms with Gasteiger partial charge in [0.05, 0.1) is 0 Å². The van der Waals surface area contributed by atoms with Crippen molar-refractivity contribution in [3.8, 4) is 0 Å². The van der Waals surface area contributed by atoms with Crippen LogP contribution < -0.4 is 12.4 Å². The second-order valence-corrected chi connectivity index (χ2v) is 9.09. The summed E-state index contributed by atoms with van der Waals surface area (Å²) in [6.45, 7) is 13.3. The molecule has 0 amide bonds. The molecule has 12 heteroatoms. The van der Waals surface area contributed by atoms with E-state index in [-0.39, 0.29) is 31.9 Å². The number of hydrogen-bond acceptors (Lipinski definition) is 6. The number of hydrogen-bond donors (Lipinski definition) is 0. The van der Waals surface area contributed by atoms with E-state index < -0.39 is 15.2 Å². The Bertz CT molecular complexity index is 1120. The molecule has 3 heterocycles. The summed E-state index contributed by atoms with van der Waals surface area (Å²) in [6.07, 6.45) is 8.18. The molecule has 0 aliphatic heterocycles. The molecule has 184 valence electrons. The van der Waals surface area contributed by atoms with E-state index in [9.17, 15) is 13.0 Å². The van der Waals surface area contributed by atoms with Crippen LogP contribution in [0.25, 0.3) is 0 Å². The summed E-state index contributed by atoms with van der Waals surface area (Å²) >= 11 is 0. The first kappa shape index (κ1) is 29.7. The second kappa shape index (κ2) is 11.4. The van der Waals surface area contributed by atoms with Gasteiger partial charge in [-0.05, 0) is 93.1 Å². The summed E-state index contributed by atoms with van der Waals surface area (Å²) < 4.78 is 39.0. The molecule has 0 fully saturated rings. The van der Waals surface area contributed by atoms with Gasteiger partial charge >= 0.3 is 24.6 Å². The second-order valence-electron chi connectivity index (χ2n) is 7.63. The monoisotopic (exact) mass is 592 g/mol. The van der Waals surface area contributed by atoms with Crippen LogP contribution in [0, 0.1) is 41.5 Å². The van der Waals surface area contributed by atoms with E-state index in [1.165, 1.54) is 88.8 Å². The van der Waals surface area contributed by atoms with Gasteiger partial charge in [0, 0.05) is 37.2 Å². The molecule has 4 aromatic rings. The summed E-state index contributed by atoms with van der Waals surface area (Å²) in [6, 6.07) is 4.52. The van der Waals surface area contributed by atoms with E-state index in [4.69, 9.17) is 0 Å². The van der Waals surface area contributed by atoms with Gasteiger partial charge in [-0.25, -0.2) is 22.5 Å². The van der Waals surface area contributed by atoms with Gasteiger partial charge in [0.15, 0.2) is 10.1 Å². The summed E-state index contributed by atoms with van der Waals surface area (Å²) in [5.41, 5.74) is 8.73. The first-order valence-corrected chi connectivity index (χ1v) is 11.4. The minimum atomic E-state index is -4.94. The van der Waals surface area contributed by atoms with Crippen molar-refractivity contribution in [2.45, 2.75) is 46.7 Å². The molecular formula is C22H27ClN6O3RuS. The third kappa shape index (κ3) is 5.03. The Kier molecular flexibility index (Phi) is 9.96. The molecule has 0 saturated carbocycles. The standard InChI is InChI=1S/C12H18.C10H10N6O3S.ClH.Ru/c1-7-8(2)10(4)12(6)11(5)9(7)3;17-20(18,19)10(14-7-1-4-11-14,15-8-2-5-12-15)16-9-3-6-13-16;;/h1-6H3;1-9H,(H,17,18,19);1H;/q;;;+2/p-2. The van der Waals surface area contributed by atoms with Crippen molar-refractivity contribution in [1.82, 2.24) is 29.3 Å². The van der Waals surface area contributed by atoms with Crippen LogP contribution >= 0.6 is 0 Å². The van der Waals surface area contributed by atoms with Gasteiger partial charge in [-0.2, -0.15) is 15.3 Å². The number of halogens is 1. The van der Waals surface area contributed by atoms with Gasteiger partial charge < -0.3 is 17.0 Å². The minimum absolute atomic E-state index is 0.